The van der Waals surface area contributed by atoms with E-state index in [0.29, 0.717) is 0 Å². The molecule has 0 heterocycles. The Hall–Kier alpha value is 0.0200. The molecule has 2 unspecified atom stereocenters. The fourth-order valence-corrected chi connectivity index (χ4v) is 5.63. The van der Waals surface area contributed by atoms with Gasteiger partial charge in [0.15, 0.2) is 0 Å². The van der Waals surface area contributed by atoms with Crippen LogP contribution in [0, 0.1) is 0 Å². The average Bonchev–Trinajstić information content (AvgIpc) is 2.82. The average molecular weight is 502 g/mol. The molecular formula is C30H62O3P+. The molecule has 3 nitrogen and oxygen atoms in total. The first-order valence-electron chi connectivity index (χ1n) is 15.5. The van der Waals surface area contributed by atoms with Crippen molar-refractivity contribution in [2.45, 2.75) is 194 Å². The minimum atomic E-state index is -2.02. The van der Waals surface area contributed by atoms with Gasteiger partial charge >= 0.3 is 8.25 Å². The fraction of sp³-hybridized carbons (Fsp3) is 1.00. The lowest BCUT2D eigenvalue weighted by Gasteiger charge is -2.13. The van der Waals surface area contributed by atoms with Crippen molar-refractivity contribution < 1.29 is 13.6 Å². The van der Waals surface area contributed by atoms with E-state index in [-0.39, 0.29) is 12.2 Å². The first-order chi connectivity index (χ1) is 16.7. The molecule has 0 aliphatic carbocycles. The third-order valence-corrected chi connectivity index (χ3v) is 7.93. The summed E-state index contributed by atoms with van der Waals surface area (Å²) in [6, 6.07) is 0. The highest BCUT2D eigenvalue weighted by atomic mass is 31.1. The molecule has 0 saturated carbocycles. The maximum atomic E-state index is 12.8. The van der Waals surface area contributed by atoms with Gasteiger partial charge < -0.3 is 0 Å². The summed E-state index contributed by atoms with van der Waals surface area (Å²) in [4.78, 5) is 0. The van der Waals surface area contributed by atoms with Gasteiger partial charge in [-0.25, -0.2) is 0 Å². The summed E-state index contributed by atoms with van der Waals surface area (Å²) in [5.41, 5.74) is 0. The lowest BCUT2D eigenvalue weighted by molar-refractivity contribution is 0.106. The molecule has 0 aliphatic rings. The van der Waals surface area contributed by atoms with E-state index in [4.69, 9.17) is 9.05 Å². The van der Waals surface area contributed by atoms with Gasteiger partial charge in [-0.15, -0.1) is 9.05 Å². The molecule has 4 heteroatoms. The first-order valence-corrected chi connectivity index (χ1v) is 16.6. The van der Waals surface area contributed by atoms with Crippen LogP contribution in [-0.4, -0.2) is 12.2 Å². The molecule has 0 bridgehead atoms. The molecule has 0 saturated heterocycles. The van der Waals surface area contributed by atoms with Crippen molar-refractivity contribution in [1.29, 1.82) is 0 Å². The number of unbranched alkanes of at least 4 members (excludes halogenated alkanes) is 16. The van der Waals surface area contributed by atoms with Crippen molar-refractivity contribution in [3.05, 3.63) is 0 Å². The van der Waals surface area contributed by atoms with Crippen LogP contribution in [0.5, 0.6) is 0 Å². The Kier molecular flexibility index (Phi) is 27.6. The van der Waals surface area contributed by atoms with E-state index in [9.17, 15) is 4.57 Å². The molecule has 204 valence electrons. The molecule has 0 aromatic heterocycles. The Morgan fingerprint density at radius 2 is 0.647 bits per heavy atom. The van der Waals surface area contributed by atoms with Crippen molar-refractivity contribution in [3.8, 4) is 0 Å². The topological polar surface area (TPSA) is 35.5 Å². The minimum absolute atomic E-state index is 0.0978. The molecule has 0 N–H and O–H groups in total. The summed E-state index contributed by atoms with van der Waals surface area (Å²) in [6.45, 7) is 9.01. The van der Waals surface area contributed by atoms with Crippen LogP contribution in [0.1, 0.15) is 182 Å². The summed E-state index contributed by atoms with van der Waals surface area (Å²) in [7, 11) is -2.02. The van der Waals surface area contributed by atoms with Crippen LogP contribution < -0.4 is 0 Å². The number of rotatable bonds is 28. The van der Waals surface area contributed by atoms with Crippen LogP contribution in [0.4, 0.5) is 0 Å². The molecular weight excluding hydrogens is 439 g/mol. The van der Waals surface area contributed by atoms with Gasteiger partial charge in [-0.3, -0.25) is 0 Å². The highest BCUT2D eigenvalue weighted by Gasteiger charge is 2.31. The van der Waals surface area contributed by atoms with Gasteiger partial charge in [0, 0.05) is 4.57 Å². The predicted octanol–water partition coefficient (Wildman–Crippen LogP) is 11.9. The highest BCUT2D eigenvalue weighted by molar-refractivity contribution is 7.33. The smallest absolute Gasteiger partial charge is 0.116 e. The van der Waals surface area contributed by atoms with Crippen LogP contribution >= 0.6 is 8.25 Å². The standard InChI is InChI=1S/C30H62O3P/c1-5-9-13-15-17-19-23-27-29(25-21-11-7-3)32-34(31)33-30(26-22-12-8-4)28-24-20-18-16-14-10-6-2/h29-30H,5-28H2,1-4H3/q+1. The first kappa shape index (κ1) is 34.0. The summed E-state index contributed by atoms with van der Waals surface area (Å²) < 4.78 is 24.9. The molecule has 0 aliphatic heterocycles. The summed E-state index contributed by atoms with van der Waals surface area (Å²) in [5, 5.41) is 0. The van der Waals surface area contributed by atoms with E-state index in [0.717, 1.165) is 25.7 Å². The van der Waals surface area contributed by atoms with Gasteiger partial charge in [0.25, 0.3) is 0 Å². The van der Waals surface area contributed by atoms with Crippen molar-refractivity contribution in [3.63, 3.8) is 0 Å². The molecule has 0 radical (unpaired) electrons. The highest BCUT2D eigenvalue weighted by Crippen LogP contribution is 2.34. The van der Waals surface area contributed by atoms with Gasteiger partial charge in [0.05, 0.1) is 0 Å². The van der Waals surface area contributed by atoms with E-state index in [1.165, 1.54) is 128 Å². The molecule has 0 aromatic carbocycles. The SMILES string of the molecule is CCCCCCCCCC(CCCCC)O[P+](=O)OC(CCCCC)CCCCCCCCC. The maximum absolute atomic E-state index is 12.8. The maximum Gasteiger partial charge on any atom is 0.697 e. The zero-order valence-corrected chi connectivity index (χ0v) is 24.7. The minimum Gasteiger partial charge on any atom is -0.116 e. The van der Waals surface area contributed by atoms with E-state index in [1.807, 2.05) is 0 Å². The second-order valence-corrected chi connectivity index (χ2v) is 11.4. The summed E-state index contributed by atoms with van der Waals surface area (Å²) >= 11 is 0. The fourth-order valence-electron chi connectivity index (χ4n) is 4.67. The summed E-state index contributed by atoms with van der Waals surface area (Å²) in [5.74, 6) is 0. The summed E-state index contributed by atoms with van der Waals surface area (Å²) in [6.07, 6.45) is 29.8. The predicted molar refractivity (Wildman–Crippen MR) is 151 cm³/mol. The Bertz CT molecular complexity index is 380. The zero-order valence-electron chi connectivity index (χ0n) is 23.8. The third kappa shape index (κ3) is 23.7. The van der Waals surface area contributed by atoms with Crippen molar-refractivity contribution in [2.24, 2.45) is 0 Å². The Morgan fingerprint density at radius 3 is 0.971 bits per heavy atom. The lowest BCUT2D eigenvalue weighted by Crippen LogP contribution is -2.13. The molecule has 0 amide bonds. The van der Waals surface area contributed by atoms with E-state index < -0.39 is 8.25 Å². The monoisotopic (exact) mass is 501 g/mol. The van der Waals surface area contributed by atoms with E-state index in [2.05, 4.69) is 27.7 Å². The molecule has 34 heavy (non-hydrogen) atoms. The Labute approximate surface area is 215 Å². The van der Waals surface area contributed by atoms with Crippen molar-refractivity contribution >= 4 is 8.25 Å². The van der Waals surface area contributed by atoms with Crippen LogP contribution in [0.3, 0.4) is 0 Å². The van der Waals surface area contributed by atoms with Crippen LogP contribution in [0.25, 0.3) is 0 Å². The molecule has 0 aromatic rings. The third-order valence-electron chi connectivity index (χ3n) is 6.99. The molecule has 2 atom stereocenters. The van der Waals surface area contributed by atoms with Gasteiger partial charge in [-0.2, -0.15) is 0 Å². The van der Waals surface area contributed by atoms with E-state index >= 15 is 0 Å². The molecule has 0 spiro atoms. The van der Waals surface area contributed by atoms with Crippen LogP contribution in [-0.2, 0) is 13.6 Å². The Morgan fingerprint density at radius 1 is 0.412 bits per heavy atom. The van der Waals surface area contributed by atoms with Crippen LogP contribution in [0.2, 0.25) is 0 Å². The Balaban J connectivity index is 4.42. The van der Waals surface area contributed by atoms with Gasteiger partial charge in [0.2, 0.25) is 0 Å². The largest absolute Gasteiger partial charge is 0.697 e. The normalized spacial score (nSPS) is 13.8. The van der Waals surface area contributed by atoms with Crippen molar-refractivity contribution in [2.75, 3.05) is 0 Å². The number of hydrogen-bond donors (Lipinski definition) is 0. The zero-order chi connectivity index (χ0) is 25.1. The second-order valence-electron chi connectivity index (χ2n) is 10.5. The molecule has 0 fully saturated rings. The van der Waals surface area contributed by atoms with Crippen molar-refractivity contribution in [1.82, 2.24) is 0 Å². The van der Waals surface area contributed by atoms with Crippen LogP contribution in [0.15, 0.2) is 0 Å². The molecule has 0 rings (SSSR count). The van der Waals surface area contributed by atoms with Gasteiger partial charge in [-0.05, 0) is 25.7 Å². The lowest BCUT2D eigenvalue weighted by atomic mass is 10.0. The van der Waals surface area contributed by atoms with Gasteiger partial charge in [0.1, 0.15) is 12.2 Å². The second kappa shape index (κ2) is 27.6. The number of hydrogen-bond acceptors (Lipinski definition) is 3. The van der Waals surface area contributed by atoms with Gasteiger partial charge in [-0.1, -0.05) is 156 Å². The van der Waals surface area contributed by atoms with E-state index in [1.54, 1.807) is 0 Å². The quantitative estimate of drug-likeness (QED) is 0.0789.